The molecule has 1 amide bonds. The average molecular weight is 232 g/mol. The molecule has 0 bridgehead atoms. The second kappa shape index (κ2) is 4.24. The fourth-order valence-electron chi connectivity index (χ4n) is 0.677. The van der Waals surface area contributed by atoms with Crippen LogP contribution in [0.4, 0.5) is 4.39 Å². The molecular weight excluding hydrogens is 224 g/mol. The molecule has 1 unspecified atom stereocenters. The van der Waals surface area contributed by atoms with Crippen LogP contribution in [0.2, 0.25) is 0 Å². The zero-order valence-electron chi connectivity index (χ0n) is 6.24. The number of alkyl halides is 1. The molecular formula is C8H8FNOSe. The Morgan fingerprint density at radius 2 is 2.00 bits per heavy atom. The molecule has 4 heteroatoms. The molecule has 2 nitrogen and oxygen atoms in total. The molecule has 1 aromatic rings. The molecule has 0 saturated carbocycles. The van der Waals surface area contributed by atoms with Crippen molar-refractivity contribution in [1.29, 1.82) is 0 Å². The van der Waals surface area contributed by atoms with Gasteiger partial charge in [0, 0.05) is 0 Å². The monoisotopic (exact) mass is 233 g/mol. The summed E-state index contributed by atoms with van der Waals surface area (Å²) in [5.41, 5.74) is 4.79. The van der Waals surface area contributed by atoms with Gasteiger partial charge in [-0.05, 0) is 0 Å². The van der Waals surface area contributed by atoms with Crippen molar-refractivity contribution in [2.24, 2.45) is 5.73 Å². The molecule has 0 aliphatic heterocycles. The predicted octanol–water partition coefficient (Wildman–Crippen LogP) is -0.203. The summed E-state index contributed by atoms with van der Waals surface area (Å²) in [7, 11) is 0. The molecule has 0 radical (unpaired) electrons. The van der Waals surface area contributed by atoms with Gasteiger partial charge in [-0.1, -0.05) is 0 Å². The van der Waals surface area contributed by atoms with Gasteiger partial charge < -0.3 is 0 Å². The van der Waals surface area contributed by atoms with Crippen molar-refractivity contribution in [2.75, 3.05) is 0 Å². The molecule has 12 heavy (non-hydrogen) atoms. The van der Waals surface area contributed by atoms with Gasteiger partial charge in [-0.2, -0.15) is 0 Å². The van der Waals surface area contributed by atoms with Gasteiger partial charge in [-0.15, -0.1) is 0 Å². The summed E-state index contributed by atoms with van der Waals surface area (Å²) < 4.78 is 13.6. The molecule has 1 atom stereocenters. The summed E-state index contributed by atoms with van der Waals surface area (Å²) in [6.45, 7) is 0. The maximum atomic E-state index is 12.8. The van der Waals surface area contributed by atoms with Crippen LogP contribution in [0.15, 0.2) is 30.3 Å². The molecule has 64 valence electrons. The molecule has 0 fully saturated rings. The Balaban J connectivity index is 2.58. The summed E-state index contributed by atoms with van der Waals surface area (Å²) >= 11 is -0.493. The van der Waals surface area contributed by atoms with Crippen LogP contribution in [0.1, 0.15) is 0 Å². The zero-order chi connectivity index (χ0) is 8.97. The van der Waals surface area contributed by atoms with E-state index in [2.05, 4.69) is 0 Å². The quantitative estimate of drug-likeness (QED) is 0.720. The van der Waals surface area contributed by atoms with E-state index in [-0.39, 0.29) is 0 Å². The third kappa shape index (κ3) is 2.64. The Kier molecular flexibility index (Phi) is 3.26. The van der Waals surface area contributed by atoms with E-state index in [4.69, 9.17) is 5.73 Å². The van der Waals surface area contributed by atoms with Gasteiger partial charge in [-0.25, -0.2) is 0 Å². The van der Waals surface area contributed by atoms with Crippen molar-refractivity contribution >= 4 is 25.3 Å². The summed E-state index contributed by atoms with van der Waals surface area (Å²) in [5, 5.41) is -1.51. The van der Waals surface area contributed by atoms with Crippen LogP contribution in [-0.2, 0) is 4.79 Å². The number of amides is 1. The Hall–Kier alpha value is -0.861. The summed E-state index contributed by atoms with van der Waals surface area (Å²) in [6, 6.07) is 9.04. The Labute approximate surface area is 76.1 Å². The van der Waals surface area contributed by atoms with Crippen molar-refractivity contribution in [3.8, 4) is 0 Å². The van der Waals surface area contributed by atoms with E-state index in [9.17, 15) is 9.18 Å². The van der Waals surface area contributed by atoms with E-state index in [1.165, 1.54) is 0 Å². The number of primary amides is 1. The van der Waals surface area contributed by atoms with E-state index >= 15 is 0 Å². The third-order valence-corrected chi connectivity index (χ3v) is 3.27. The van der Waals surface area contributed by atoms with Gasteiger partial charge in [0.15, 0.2) is 0 Å². The number of nitrogens with two attached hydrogens (primary N) is 1. The average Bonchev–Trinajstić information content (AvgIpc) is 2.06. The molecule has 0 spiro atoms. The van der Waals surface area contributed by atoms with E-state index in [1.54, 1.807) is 12.1 Å². The van der Waals surface area contributed by atoms with Crippen molar-refractivity contribution < 1.29 is 9.18 Å². The van der Waals surface area contributed by atoms with Crippen LogP contribution in [-0.4, -0.2) is 25.9 Å². The first-order valence-corrected chi connectivity index (χ1v) is 5.20. The van der Waals surface area contributed by atoms with Crippen molar-refractivity contribution in [2.45, 2.75) is 5.07 Å². The van der Waals surface area contributed by atoms with Gasteiger partial charge in [-0.3, -0.25) is 0 Å². The molecule has 0 aliphatic carbocycles. The van der Waals surface area contributed by atoms with Crippen LogP contribution in [0, 0.1) is 0 Å². The maximum absolute atomic E-state index is 12.8. The van der Waals surface area contributed by atoms with Crippen LogP contribution in [0.5, 0.6) is 0 Å². The first-order valence-electron chi connectivity index (χ1n) is 3.35. The molecule has 1 rings (SSSR count). The summed E-state index contributed by atoms with van der Waals surface area (Å²) in [5.74, 6) is -0.876. The summed E-state index contributed by atoms with van der Waals surface area (Å²) in [6.07, 6.45) is 0. The molecule has 0 aromatic heterocycles. The number of carbonyl (C=O) groups excluding carboxylic acids is 1. The van der Waals surface area contributed by atoms with Gasteiger partial charge in [0.1, 0.15) is 0 Å². The van der Waals surface area contributed by atoms with Gasteiger partial charge in [0.2, 0.25) is 0 Å². The van der Waals surface area contributed by atoms with E-state index < -0.39 is 25.9 Å². The van der Waals surface area contributed by atoms with E-state index in [0.717, 1.165) is 4.46 Å². The molecule has 0 aliphatic rings. The predicted molar refractivity (Wildman–Crippen MR) is 45.9 cm³/mol. The number of hydrogen-bond donors (Lipinski definition) is 1. The first-order chi connectivity index (χ1) is 5.70. The van der Waals surface area contributed by atoms with Gasteiger partial charge in [0.05, 0.1) is 0 Å². The minimum atomic E-state index is -1.51. The zero-order valence-corrected chi connectivity index (χ0v) is 7.95. The molecule has 0 heterocycles. The molecule has 1 aromatic carbocycles. The summed E-state index contributed by atoms with van der Waals surface area (Å²) in [4.78, 5) is 10.4. The van der Waals surface area contributed by atoms with Crippen LogP contribution < -0.4 is 10.2 Å². The van der Waals surface area contributed by atoms with Crippen LogP contribution in [0.25, 0.3) is 0 Å². The van der Waals surface area contributed by atoms with Gasteiger partial charge in [0.25, 0.3) is 0 Å². The Bertz CT molecular complexity index is 265. The number of halogens is 1. The Morgan fingerprint density at radius 3 is 2.50 bits per heavy atom. The number of hydrogen-bond acceptors (Lipinski definition) is 1. The van der Waals surface area contributed by atoms with Crippen molar-refractivity contribution in [3.05, 3.63) is 30.3 Å². The number of benzene rings is 1. The first kappa shape index (κ1) is 9.23. The number of carbonyl (C=O) groups is 1. The topological polar surface area (TPSA) is 43.1 Å². The normalized spacial score (nSPS) is 12.4. The fourth-order valence-corrected chi connectivity index (χ4v) is 2.08. The second-order valence-corrected chi connectivity index (χ2v) is 4.50. The SMILES string of the molecule is NC(=O)C(F)[Se]c1ccccc1. The third-order valence-electron chi connectivity index (χ3n) is 1.21. The van der Waals surface area contributed by atoms with Crippen molar-refractivity contribution in [3.63, 3.8) is 0 Å². The number of rotatable bonds is 3. The van der Waals surface area contributed by atoms with E-state index in [1.807, 2.05) is 18.2 Å². The second-order valence-electron chi connectivity index (χ2n) is 2.15. The Morgan fingerprint density at radius 1 is 1.42 bits per heavy atom. The molecule has 2 N–H and O–H groups in total. The van der Waals surface area contributed by atoms with Crippen molar-refractivity contribution in [1.82, 2.24) is 0 Å². The van der Waals surface area contributed by atoms with Gasteiger partial charge >= 0.3 is 75.6 Å². The fraction of sp³-hybridized carbons (Fsp3) is 0.125. The van der Waals surface area contributed by atoms with Crippen LogP contribution >= 0.6 is 0 Å². The van der Waals surface area contributed by atoms with E-state index in [0.29, 0.717) is 0 Å². The molecule has 0 saturated heterocycles. The standard InChI is InChI=1S/C8H8FNOSe/c9-7(8(10)11)12-6-4-2-1-3-5-6/h1-5,7H,(H2,10,11). The minimum absolute atomic E-state index is 0.493. The van der Waals surface area contributed by atoms with Crippen LogP contribution in [0.3, 0.4) is 0 Å².